The van der Waals surface area contributed by atoms with E-state index in [9.17, 15) is 4.79 Å². The first-order valence-electron chi connectivity index (χ1n) is 7.02. The fraction of sp³-hybridized carbons (Fsp3) is 0.600. The largest absolute Gasteiger partial charge is 0.337 e. The van der Waals surface area contributed by atoms with Gasteiger partial charge in [0.25, 0.3) is 0 Å². The highest BCUT2D eigenvalue weighted by molar-refractivity contribution is 5.82. The predicted octanol–water partition coefficient (Wildman–Crippen LogP) is 1.88. The monoisotopic (exact) mass is 261 g/mol. The summed E-state index contributed by atoms with van der Waals surface area (Å²) in [6.45, 7) is 7.76. The second kappa shape index (κ2) is 6.15. The fourth-order valence-corrected chi connectivity index (χ4v) is 2.54. The van der Waals surface area contributed by atoms with E-state index in [1.807, 2.05) is 24.1 Å². The van der Waals surface area contributed by atoms with Crippen LogP contribution >= 0.6 is 0 Å². The third-order valence-electron chi connectivity index (χ3n) is 3.56. The Balaban J connectivity index is 2.04. The van der Waals surface area contributed by atoms with Crippen LogP contribution in [0.1, 0.15) is 37.8 Å². The van der Waals surface area contributed by atoms with Crippen molar-refractivity contribution >= 4 is 5.91 Å². The molecule has 1 aromatic rings. The predicted molar refractivity (Wildman–Crippen MR) is 75.7 cm³/mol. The summed E-state index contributed by atoms with van der Waals surface area (Å²) in [6, 6.07) is 2.33. The molecule has 1 fully saturated rings. The van der Waals surface area contributed by atoms with E-state index in [4.69, 9.17) is 0 Å². The minimum absolute atomic E-state index is 0.0177. The van der Waals surface area contributed by atoms with Crippen molar-refractivity contribution in [2.75, 3.05) is 6.54 Å². The Kier molecular flexibility index (Phi) is 4.53. The maximum absolute atomic E-state index is 12.4. The highest BCUT2D eigenvalue weighted by atomic mass is 16.2. The number of nitrogens with zero attached hydrogens (tertiary/aromatic N) is 2. The van der Waals surface area contributed by atoms with Crippen LogP contribution < -0.4 is 5.32 Å². The molecule has 0 bridgehead atoms. The summed E-state index contributed by atoms with van der Waals surface area (Å²) in [5.41, 5.74) is 2.34. The molecule has 1 unspecified atom stereocenters. The fourth-order valence-electron chi connectivity index (χ4n) is 2.54. The molecule has 1 saturated heterocycles. The van der Waals surface area contributed by atoms with Gasteiger partial charge in [-0.15, -0.1) is 0 Å². The van der Waals surface area contributed by atoms with Crippen molar-refractivity contribution in [3.63, 3.8) is 0 Å². The lowest BCUT2D eigenvalue weighted by atomic mass is 10.0. The zero-order valence-electron chi connectivity index (χ0n) is 12.0. The Morgan fingerprint density at radius 3 is 3.00 bits per heavy atom. The molecule has 104 valence electrons. The quantitative estimate of drug-likeness (QED) is 0.900. The van der Waals surface area contributed by atoms with Gasteiger partial charge in [-0.3, -0.25) is 9.78 Å². The van der Waals surface area contributed by atoms with Gasteiger partial charge in [0.05, 0.1) is 6.04 Å². The van der Waals surface area contributed by atoms with Gasteiger partial charge in [-0.05, 0) is 37.0 Å². The lowest BCUT2D eigenvalue weighted by Gasteiger charge is -2.34. The second-order valence-electron chi connectivity index (χ2n) is 5.58. The molecule has 1 N–H and O–H groups in total. The lowest BCUT2D eigenvalue weighted by Crippen LogP contribution is -2.52. The van der Waals surface area contributed by atoms with Gasteiger partial charge < -0.3 is 10.2 Å². The normalized spacial score (nSPS) is 20.1. The van der Waals surface area contributed by atoms with Crippen molar-refractivity contribution in [3.8, 4) is 0 Å². The van der Waals surface area contributed by atoms with Crippen LogP contribution in [0.25, 0.3) is 0 Å². The number of likely N-dealkylation sites (tertiary alicyclic amines) is 1. The molecular weight excluding hydrogens is 238 g/mol. The Bertz CT molecular complexity index is 445. The van der Waals surface area contributed by atoms with E-state index >= 15 is 0 Å². The lowest BCUT2D eigenvalue weighted by molar-refractivity contribution is -0.136. The number of aryl methyl sites for hydroxylation is 1. The number of hydrogen-bond acceptors (Lipinski definition) is 3. The number of piperidine rings is 1. The van der Waals surface area contributed by atoms with Crippen LogP contribution in [0, 0.1) is 6.92 Å². The summed E-state index contributed by atoms with van der Waals surface area (Å²) >= 11 is 0. The second-order valence-corrected chi connectivity index (χ2v) is 5.58. The molecular formula is C15H23N3O. The van der Waals surface area contributed by atoms with Gasteiger partial charge in [0, 0.05) is 31.5 Å². The SMILES string of the molecule is Cc1cnccc1CN1CCCC(NC(C)C)C1=O. The summed E-state index contributed by atoms with van der Waals surface area (Å²) in [6.07, 6.45) is 5.66. The Morgan fingerprint density at radius 1 is 1.53 bits per heavy atom. The molecule has 4 nitrogen and oxygen atoms in total. The van der Waals surface area contributed by atoms with Gasteiger partial charge >= 0.3 is 0 Å². The molecule has 1 aliphatic rings. The molecule has 0 aliphatic carbocycles. The number of amides is 1. The Morgan fingerprint density at radius 2 is 2.32 bits per heavy atom. The average Bonchev–Trinajstić information content (AvgIpc) is 2.36. The number of rotatable bonds is 4. The topological polar surface area (TPSA) is 45.2 Å². The number of hydrogen-bond donors (Lipinski definition) is 1. The van der Waals surface area contributed by atoms with Gasteiger partial charge in [0.2, 0.25) is 5.91 Å². The molecule has 1 aromatic heterocycles. The molecule has 0 radical (unpaired) electrons. The summed E-state index contributed by atoms with van der Waals surface area (Å²) in [4.78, 5) is 18.5. The van der Waals surface area contributed by atoms with E-state index in [1.165, 1.54) is 5.56 Å². The molecule has 0 saturated carbocycles. The highest BCUT2D eigenvalue weighted by Crippen LogP contribution is 2.17. The summed E-state index contributed by atoms with van der Waals surface area (Å²) in [7, 11) is 0. The molecule has 19 heavy (non-hydrogen) atoms. The number of pyridine rings is 1. The van der Waals surface area contributed by atoms with E-state index in [-0.39, 0.29) is 11.9 Å². The molecule has 1 aliphatic heterocycles. The minimum Gasteiger partial charge on any atom is -0.337 e. The zero-order chi connectivity index (χ0) is 13.8. The zero-order valence-corrected chi connectivity index (χ0v) is 12.0. The smallest absolute Gasteiger partial charge is 0.240 e. The molecule has 0 aromatic carbocycles. The molecule has 2 rings (SSSR count). The molecule has 2 heterocycles. The van der Waals surface area contributed by atoms with E-state index in [1.54, 1.807) is 6.20 Å². The summed E-state index contributed by atoms with van der Waals surface area (Å²) < 4.78 is 0. The summed E-state index contributed by atoms with van der Waals surface area (Å²) in [5, 5.41) is 3.36. The number of carbonyl (C=O) groups excluding carboxylic acids is 1. The van der Waals surface area contributed by atoms with E-state index in [0.29, 0.717) is 12.6 Å². The molecule has 1 atom stereocenters. The molecule has 0 spiro atoms. The van der Waals surface area contributed by atoms with Crippen molar-refractivity contribution < 1.29 is 4.79 Å². The van der Waals surface area contributed by atoms with Crippen LogP contribution in [0.3, 0.4) is 0 Å². The van der Waals surface area contributed by atoms with Crippen LogP contribution in [-0.2, 0) is 11.3 Å². The van der Waals surface area contributed by atoms with Crippen LogP contribution in [0.2, 0.25) is 0 Å². The maximum atomic E-state index is 12.4. The van der Waals surface area contributed by atoms with Gasteiger partial charge in [-0.2, -0.15) is 0 Å². The van der Waals surface area contributed by atoms with E-state index in [2.05, 4.69) is 24.1 Å². The Labute approximate surface area is 115 Å². The average molecular weight is 261 g/mol. The van der Waals surface area contributed by atoms with Crippen molar-refractivity contribution in [2.24, 2.45) is 0 Å². The van der Waals surface area contributed by atoms with Gasteiger partial charge in [0.1, 0.15) is 0 Å². The summed E-state index contributed by atoms with van der Waals surface area (Å²) in [5.74, 6) is 0.233. The minimum atomic E-state index is -0.0177. The van der Waals surface area contributed by atoms with Gasteiger partial charge in [-0.25, -0.2) is 0 Å². The molecule has 1 amide bonds. The van der Waals surface area contributed by atoms with Crippen molar-refractivity contribution in [3.05, 3.63) is 29.6 Å². The van der Waals surface area contributed by atoms with Crippen LogP contribution in [0.15, 0.2) is 18.5 Å². The highest BCUT2D eigenvalue weighted by Gasteiger charge is 2.28. The van der Waals surface area contributed by atoms with Crippen LogP contribution in [-0.4, -0.2) is 34.4 Å². The maximum Gasteiger partial charge on any atom is 0.240 e. The van der Waals surface area contributed by atoms with Crippen LogP contribution in [0.4, 0.5) is 0 Å². The standard InChI is InChI=1S/C15H23N3O/c1-11(2)17-14-5-4-8-18(15(14)19)10-13-6-7-16-9-12(13)3/h6-7,9,11,14,17H,4-5,8,10H2,1-3H3. The van der Waals surface area contributed by atoms with Gasteiger partial charge in [-0.1, -0.05) is 13.8 Å². The first-order valence-corrected chi connectivity index (χ1v) is 7.02. The number of aromatic nitrogens is 1. The third-order valence-corrected chi connectivity index (χ3v) is 3.56. The van der Waals surface area contributed by atoms with E-state index in [0.717, 1.165) is 24.9 Å². The van der Waals surface area contributed by atoms with Crippen LogP contribution in [0.5, 0.6) is 0 Å². The number of nitrogens with one attached hydrogen (secondary N) is 1. The first kappa shape index (κ1) is 14.0. The van der Waals surface area contributed by atoms with Crippen molar-refractivity contribution in [1.82, 2.24) is 15.2 Å². The molecule has 4 heteroatoms. The van der Waals surface area contributed by atoms with Gasteiger partial charge in [0.15, 0.2) is 0 Å². The number of carbonyl (C=O) groups is 1. The van der Waals surface area contributed by atoms with Crippen molar-refractivity contribution in [2.45, 2.75) is 52.2 Å². The van der Waals surface area contributed by atoms with Crippen molar-refractivity contribution in [1.29, 1.82) is 0 Å². The third kappa shape index (κ3) is 3.53. The first-order chi connectivity index (χ1) is 9.08. The van der Waals surface area contributed by atoms with E-state index < -0.39 is 0 Å². The Hall–Kier alpha value is -1.42.